The van der Waals surface area contributed by atoms with Crippen molar-refractivity contribution in [3.8, 4) is 0 Å². The van der Waals surface area contributed by atoms with Crippen molar-refractivity contribution >= 4 is 28.5 Å². The van der Waals surface area contributed by atoms with E-state index in [2.05, 4.69) is 15.5 Å². The number of carboxylic acid groups (broad SMARTS) is 1. The maximum absolute atomic E-state index is 12.2. The van der Waals surface area contributed by atoms with Crippen LogP contribution < -0.4 is 5.32 Å². The second kappa shape index (κ2) is 5.09. The predicted molar refractivity (Wildman–Crippen MR) is 77.4 cm³/mol. The van der Waals surface area contributed by atoms with E-state index in [9.17, 15) is 9.59 Å². The molecular weight excluding hydrogens is 270 g/mol. The van der Waals surface area contributed by atoms with E-state index in [1.807, 2.05) is 0 Å². The summed E-state index contributed by atoms with van der Waals surface area (Å²) in [6, 6.07) is 11.3. The minimum atomic E-state index is -1.04. The lowest BCUT2D eigenvalue weighted by molar-refractivity contribution is 0.0696. The number of aromatic carboxylic acids is 1. The summed E-state index contributed by atoms with van der Waals surface area (Å²) in [5.41, 5.74) is 1.88. The Hall–Kier alpha value is -3.15. The number of benzene rings is 2. The van der Waals surface area contributed by atoms with Crippen LogP contribution in [0.1, 0.15) is 20.7 Å². The van der Waals surface area contributed by atoms with Crippen LogP contribution in [-0.4, -0.2) is 27.2 Å². The van der Waals surface area contributed by atoms with Crippen molar-refractivity contribution in [1.29, 1.82) is 0 Å². The van der Waals surface area contributed by atoms with Crippen molar-refractivity contribution < 1.29 is 14.7 Å². The van der Waals surface area contributed by atoms with Crippen LogP contribution in [-0.2, 0) is 0 Å². The average molecular weight is 281 g/mol. The Kier molecular flexibility index (Phi) is 3.12. The molecule has 3 aromatic rings. The molecule has 0 spiro atoms. The standard InChI is InChI=1S/C15H11N3O3/c19-14(9-4-5-13-11(6-9)8-16-18-13)17-12-3-1-2-10(7-12)15(20)21/h1-8H,(H,16,18)(H,17,19)(H,20,21). The van der Waals surface area contributed by atoms with Gasteiger partial charge in [0.15, 0.2) is 0 Å². The molecule has 1 amide bonds. The molecule has 0 aliphatic heterocycles. The van der Waals surface area contributed by atoms with Gasteiger partial charge in [0.2, 0.25) is 0 Å². The Bertz CT molecular complexity index is 839. The number of aromatic nitrogens is 2. The van der Waals surface area contributed by atoms with Crippen LogP contribution in [0.4, 0.5) is 5.69 Å². The van der Waals surface area contributed by atoms with Gasteiger partial charge in [-0.1, -0.05) is 6.07 Å². The van der Waals surface area contributed by atoms with Gasteiger partial charge < -0.3 is 10.4 Å². The number of H-pyrrole nitrogens is 1. The largest absolute Gasteiger partial charge is 0.478 e. The van der Waals surface area contributed by atoms with Gasteiger partial charge >= 0.3 is 5.97 Å². The molecule has 0 saturated heterocycles. The Morgan fingerprint density at radius 1 is 1.10 bits per heavy atom. The van der Waals surface area contributed by atoms with E-state index in [0.29, 0.717) is 11.3 Å². The number of carbonyl (C=O) groups is 2. The minimum absolute atomic E-state index is 0.123. The Morgan fingerprint density at radius 2 is 1.95 bits per heavy atom. The molecule has 0 saturated carbocycles. The van der Waals surface area contributed by atoms with E-state index in [-0.39, 0.29) is 11.5 Å². The summed E-state index contributed by atoms with van der Waals surface area (Å²) in [4.78, 5) is 23.1. The molecule has 0 unspecified atom stereocenters. The van der Waals surface area contributed by atoms with Gasteiger partial charge in [0, 0.05) is 16.6 Å². The number of amides is 1. The number of hydrogen-bond acceptors (Lipinski definition) is 3. The van der Waals surface area contributed by atoms with Gasteiger partial charge in [-0.15, -0.1) is 0 Å². The van der Waals surface area contributed by atoms with E-state index in [4.69, 9.17) is 5.11 Å². The first-order valence-corrected chi connectivity index (χ1v) is 6.21. The summed E-state index contributed by atoms with van der Waals surface area (Å²) < 4.78 is 0. The molecule has 6 heteroatoms. The fourth-order valence-electron chi connectivity index (χ4n) is 2.02. The summed E-state index contributed by atoms with van der Waals surface area (Å²) in [7, 11) is 0. The molecule has 0 bridgehead atoms. The minimum Gasteiger partial charge on any atom is -0.478 e. The van der Waals surface area contributed by atoms with Crippen molar-refractivity contribution in [3.05, 3.63) is 59.8 Å². The van der Waals surface area contributed by atoms with Crippen molar-refractivity contribution in [2.45, 2.75) is 0 Å². The van der Waals surface area contributed by atoms with E-state index in [1.165, 1.54) is 12.1 Å². The van der Waals surface area contributed by atoms with Gasteiger partial charge in [0.25, 0.3) is 5.91 Å². The van der Waals surface area contributed by atoms with Gasteiger partial charge in [-0.3, -0.25) is 9.89 Å². The number of carboxylic acids is 1. The number of anilines is 1. The number of nitrogens with zero attached hydrogens (tertiary/aromatic N) is 1. The highest BCUT2D eigenvalue weighted by atomic mass is 16.4. The summed E-state index contributed by atoms with van der Waals surface area (Å²) in [6.07, 6.45) is 1.64. The lowest BCUT2D eigenvalue weighted by Gasteiger charge is -2.06. The first-order valence-electron chi connectivity index (χ1n) is 6.21. The van der Waals surface area contributed by atoms with Crippen LogP contribution in [0.15, 0.2) is 48.7 Å². The molecule has 0 radical (unpaired) electrons. The van der Waals surface area contributed by atoms with Gasteiger partial charge in [0.05, 0.1) is 17.3 Å². The molecule has 1 aromatic heterocycles. The summed E-state index contributed by atoms with van der Waals surface area (Å²) in [5, 5.41) is 19.1. The van der Waals surface area contributed by atoms with Crippen LogP contribution in [0.5, 0.6) is 0 Å². The number of hydrogen-bond donors (Lipinski definition) is 3. The van der Waals surface area contributed by atoms with E-state index in [0.717, 1.165) is 10.9 Å². The molecule has 0 aliphatic carbocycles. The number of aromatic amines is 1. The maximum Gasteiger partial charge on any atom is 0.335 e. The highest BCUT2D eigenvalue weighted by molar-refractivity contribution is 6.06. The third kappa shape index (κ3) is 2.59. The van der Waals surface area contributed by atoms with Crippen LogP contribution in [0, 0.1) is 0 Å². The molecule has 104 valence electrons. The lowest BCUT2D eigenvalue weighted by atomic mass is 10.1. The number of carbonyl (C=O) groups excluding carboxylic acids is 1. The zero-order chi connectivity index (χ0) is 14.8. The van der Waals surface area contributed by atoms with Crippen LogP contribution in [0.25, 0.3) is 10.9 Å². The highest BCUT2D eigenvalue weighted by Gasteiger charge is 2.09. The summed E-state index contributed by atoms with van der Waals surface area (Å²) >= 11 is 0. The molecule has 0 atom stereocenters. The molecule has 0 aliphatic rings. The summed E-state index contributed by atoms with van der Waals surface area (Å²) in [5.74, 6) is -1.34. The first-order chi connectivity index (χ1) is 10.1. The van der Waals surface area contributed by atoms with Crippen LogP contribution in [0.3, 0.4) is 0 Å². The molecule has 21 heavy (non-hydrogen) atoms. The normalized spacial score (nSPS) is 10.5. The number of rotatable bonds is 3. The third-order valence-corrected chi connectivity index (χ3v) is 3.07. The monoisotopic (exact) mass is 281 g/mol. The first kappa shape index (κ1) is 12.9. The van der Waals surface area contributed by atoms with Gasteiger partial charge in [-0.25, -0.2) is 4.79 Å². The number of nitrogens with one attached hydrogen (secondary N) is 2. The van der Waals surface area contributed by atoms with Gasteiger partial charge in [-0.05, 0) is 36.4 Å². The Balaban J connectivity index is 1.85. The second-order valence-electron chi connectivity index (χ2n) is 4.51. The van der Waals surface area contributed by atoms with Gasteiger partial charge in [-0.2, -0.15) is 5.10 Å². The van der Waals surface area contributed by atoms with Crippen molar-refractivity contribution in [3.63, 3.8) is 0 Å². The molecule has 2 aromatic carbocycles. The molecule has 0 fully saturated rings. The van der Waals surface area contributed by atoms with Gasteiger partial charge in [0.1, 0.15) is 0 Å². The van der Waals surface area contributed by atoms with E-state index in [1.54, 1.807) is 36.5 Å². The number of fused-ring (bicyclic) bond motifs is 1. The predicted octanol–water partition coefficient (Wildman–Crippen LogP) is 2.51. The van der Waals surface area contributed by atoms with Crippen molar-refractivity contribution in [2.24, 2.45) is 0 Å². The fraction of sp³-hybridized carbons (Fsp3) is 0. The van der Waals surface area contributed by atoms with E-state index >= 15 is 0 Å². The lowest BCUT2D eigenvalue weighted by Crippen LogP contribution is -2.12. The molecular formula is C15H11N3O3. The average Bonchev–Trinajstić information content (AvgIpc) is 2.94. The molecule has 6 nitrogen and oxygen atoms in total. The quantitative estimate of drug-likeness (QED) is 0.687. The van der Waals surface area contributed by atoms with Crippen molar-refractivity contribution in [2.75, 3.05) is 5.32 Å². The van der Waals surface area contributed by atoms with Crippen molar-refractivity contribution in [1.82, 2.24) is 10.2 Å². The smallest absolute Gasteiger partial charge is 0.335 e. The Labute approximate surface area is 119 Å². The zero-order valence-corrected chi connectivity index (χ0v) is 10.8. The third-order valence-electron chi connectivity index (χ3n) is 3.07. The summed E-state index contributed by atoms with van der Waals surface area (Å²) in [6.45, 7) is 0. The molecule has 3 N–H and O–H groups in total. The van der Waals surface area contributed by atoms with Crippen LogP contribution in [0.2, 0.25) is 0 Å². The molecule has 3 rings (SSSR count). The topological polar surface area (TPSA) is 95.1 Å². The Morgan fingerprint density at radius 3 is 2.76 bits per heavy atom. The zero-order valence-electron chi connectivity index (χ0n) is 10.8. The van der Waals surface area contributed by atoms with Crippen LogP contribution >= 0.6 is 0 Å². The molecule has 1 heterocycles. The SMILES string of the molecule is O=C(O)c1cccc(NC(=O)c2ccc3[nH]ncc3c2)c1. The highest BCUT2D eigenvalue weighted by Crippen LogP contribution is 2.16. The van der Waals surface area contributed by atoms with E-state index < -0.39 is 5.97 Å². The second-order valence-corrected chi connectivity index (χ2v) is 4.51. The fourth-order valence-corrected chi connectivity index (χ4v) is 2.02. The maximum atomic E-state index is 12.2.